The van der Waals surface area contributed by atoms with Crippen molar-refractivity contribution in [3.05, 3.63) is 33.9 Å². The Bertz CT molecular complexity index is 485. The van der Waals surface area contributed by atoms with Gasteiger partial charge in [0.1, 0.15) is 5.78 Å². The molecule has 1 heterocycles. The molecule has 0 saturated heterocycles. The van der Waals surface area contributed by atoms with Gasteiger partial charge >= 0.3 is 0 Å². The van der Waals surface area contributed by atoms with Crippen molar-refractivity contribution < 1.29 is 19.2 Å². The molecule has 2 rings (SSSR count). The van der Waals surface area contributed by atoms with Crippen LogP contribution in [0.2, 0.25) is 0 Å². The van der Waals surface area contributed by atoms with E-state index in [0.29, 0.717) is 17.9 Å². The van der Waals surface area contributed by atoms with E-state index in [0.717, 1.165) is 5.56 Å². The van der Waals surface area contributed by atoms with Gasteiger partial charge in [0.25, 0.3) is 0 Å². The number of fused-ring (bicyclic) bond motifs is 1. The number of ether oxygens (including phenoxy) is 2. The van der Waals surface area contributed by atoms with Gasteiger partial charge in [0.15, 0.2) is 11.5 Å². The minimum absolute atomic E-state index is 0.177. The molecule has 0 saturated carbocycles. The largest absolute Gasteiger partial charge is 0.454 e. The number of benzene rings is 1. The normalized spacial score (nSPS) is 14.3. The van der Waals surface area contributed by atoms with Gasteiger partial charge in [-0.1, -0.05) is 6.07 Å². The first-order chi connectivity index (χ1) is 8.56. The van der Waals surface area contributed by atoms with Crippen molar-refractivity contribution in [3.8, 4) is 11.5 Å². The maximum Gasteiger partial charge on any atom is 0.231 e. The highest BCUT2D eigenvalue weighted by atomic mass is 16.7. The number of Topliss-reactive ketones (excluding diaryl/α,β-unsaturated/α-hetero) is 1. The van der Waals surface area contributed by atoms with E-state index in [-0.39, 0.29) is 19.1 Å². The van der Waals surface area contributed by atoms with Crippen LogP contribution in [0.25, 0.3) is 0 Å². The summed E-state index contributed by atoms with van der Waals surface area (Å²) in [6, 6.07) is 5.31. The lowest BCUT2D eigenvalue weighted by Crippen LogP contribution is -2.23. The number of carbonyl (C=O) groups excluding carboxylic acids is 1. The molecule has 0 amide bonds. The van der Waals surface area contributed by atoms with E-state index in [1.165, 1.54) is 6.92 Å². The van der Waals surface area contributed by atoms with Gasteiger partial charge in [0.2, 0.25) is 13.3 Å². The molecule has 1 atom stereocenters. The summed E-state index contributed by atoms with van der Waals surface area (Å²) in [7, 11) is 0. The van der Waals surface area contributed by atoms with E-state index < -0.39 is 10.8 Å². The SMILES string of the molecule is CC(=O)C(Cc1ccc2c(c1)OCO2)C[N+](=O)[O-]. The Kier molecular flexibility index (Phi) is 3.45. The van der Waals surface area contributed by atoms with Crippen LogP contribution in [0.5, 0.6) is 11.5 Å². The lowest BCUT2D eigenvalue weighted by molar-refractivity contribution is -0.485. The molecular weight excluding hydrogens is 238 g/mol. The molecule has 6 nitrogen and oxygen atoms in total. The molecule has 0 N–H and O–H groups in total. The summed E-state index contributed by atoms with van der Waals surface area (Å²) in [5.41, 5.74) is 0.835. The summed E-state index contributed by atoms with van der Waals surface area (Å²) >= 11 is 0. The standard InChI is InChI=1S/C12H13NO5/c1-8(14)10(6-13(15)16)4-9-2-3-11-12(5-9)18-7-17-11/h2-3,5,10H,4,6-7H2,1H3. The summed E-state index contributed by atoms with van der Waals surface area (Å²) in [4.78, 5) is 21.4. The predicted molar refractivity (Wildman–Crippen MR) is 62.3 cm³/mol. The van der Waals surface area contributed by atoms with Crippen LogP contribution in [-0.4, -0.2) is 24.0 Å². The second kappa shape index (κ2) is 5.03. The van der Waals surface area contributed by atoms with Crippen molar-refractivity contribution in [1.82, 2.24) is 0 Å². The van der Waals surface area contributed by atoms with Gasteiger partial charge in [-0.15, -0.1) is 0 Å². The van der Waals surface area contributed by atoms with Crippen molar-refractivity contribution in [2.45, 2.75) is 13.3 Å². The molecule has 0 spiro atoms. The Balaban J connectivity index is 2.11. The van der Waals surface area contributed by atoms with Gasteiger partial charge in [-0.2, -0.15) is 0 Å². The molecule has 1 unspecified atom stereocenters. The highest BCUT2D eigenvalue weighted by Gasteiger charge is 2.22. The zero-order valence-corrected chi connectivity index (χ0v) is 9.92. The van der Waals surface area contributed by atoms with E-state index in [1.807, 2.05) is 0 Å². The van der Waals surface area contributed by atoms with E-state index in [9.17, 15) is 14.9 Å². The van der Waals surface area contributed by atoms with Gasteiger partial charge < -0.3 is 9.47 Å². The van der Waals surface area contributed by atoms with Crippen molar-refractivity contribution in [1.29, 1.82) is 0 Å². The summed E-state index contributed by atoms with van der Waals surface area (Å²) in [5.74, 6) is 0.507. The van der Waals surface area contributed by atoms with Gasteiger partial charge in [-0.05, 0) is 31.0 Å². The Hall–Kier alpha value is -2.11. The topological polar surface area (TPSA) is 78.7 Å². The van der Waals surface area contributed by atoms with E-state index >= 15 is 0 Å². The molecule has 0 radical (unpaired) electrons. The monoisotopic (exact) mass is 251 g/mol. The van der Waals surface area contributed by atoms with Gasteiger partial charge in [-0.3, -0.25) is 14.9 Å². The van der Waals surface area contributed by atoms with Crippen LogP contribution >= 0.6 is 0 Å². The lowest BCUT2D eigenvalue weighted by Gasteiger charge is -2.09. The molecule has 0 aliphatic carbocycles. The molecule has 1 aliphatic rings. The van der Waals surface area contributed by atoms with Crippen LogP contribution in [0.4, 0.5) is 0 Å². The third-order valence-electron chi connectivity index (χ3n) is 2.86. The lowest BCUT2D eigenvalue weighted by atomic mass is 9.96. The molecule has 6 heteroatoms. The van der Waals surface area contributed by atoms with Crippen molar-refractivity contribution in [3.63, 3.8) is 0 Å². The maximum atomic E-state index is 11.4. The third kappa shape index (κ3) is 2.77. The fraction of sp³-hybridized carbons (Fsp3) is 0.417. The van der Waals surface area contributed by atoms with Crippen molar-refractivity contribution >= 4 is 5.78 Å². The Morgan fingerprint density at radius 1 is 1.44 bits per heavy atom. The van der Waals surface area contributed by atoms with Crippen LogP contribution in [0.15, 0.2) is 18.2 Å². The number of rotatable bonds is 5. The van der Waals surface area contributed by atoms with Gasteiger partial charge in [-0.25, -0.2) is 0 Å². The smallest absolute Gasteiger partial charge is 0.231 e. The molecular formula is C12H13NO5. The summed E-state index contributed by atoms with van der Waals surface area (Å²) in [6.45, 7) is 1.22. The van der Waals surface area contributed by atoms with E-state index in [2.05, 4.69) is 0 Å². The van der Waals surface area contributed by atoms with Crippen LogP contribution in [0.3, 0.4) is 0 Å². The van der Waals surface area contributed by atoms with E-state index in [1.54, 1.807) is 18.2 Å². The predicted octanol–water partition coefficient (Wildman–Crippen LogP) is 1.44. The molecule has 0 fully saturated rings. The van der Waals surface area contributed by atoms with Crippen LogP contribution in [-0.2, 0) is 11.2 Å². The Labute approximate surface area is 104 Å². The fourth-order valence-electron chi connectivity index (χ4n) is 1.87. The average Bonchev–Trinajstić information content (AvgIpc) is 2.74. The number of hydrogen-bond acceptors (Lipinski definition) is 5. The van der Waals surface area contributed by atoms with Crippen molar-refractivity contribution in [2.24, 2.45) is 5.92 Å². The minimum Gasteiger partial charge on any atom is -0.454 e. The van der Waals surface area contributed by atoms with Gasteiger partial charge in [0.05, 0.1) is 5.92 Å². The minimum atomic E-state index is -0.597. The molecule has 0 aromatic heterocycles. The number of nitro groups is 1. The highest BCUT2D eigenvalue weighted by molar-refractivity contribution is 5.78. The zero-order valence-electron chi connectivity index (χ0n) is 9.92. The van der Waals surface area contributed by atoms with Gasteiger partial charge in [0, 0.05) is 4.92 Å². The maximum absolute atomic E-state index is 11.4. The summed E-state index contributed by atoms with van der Waals surface area (Å²) in [6.07, 6.45) is 0.340. The Morgan fingerprint density at radius 3 is 2.83 bits per heavy atom. The average molecular weight is 251 g/mol. The first kappa shape index (κ1) is 12.3. The number of ketones is 1. The Morgan fingerprint density at radius 2 is 2.17 bits per heavy atom. The second-order valence-electron chi connectivity index (χ2n) is 4.21. The van der Waals surface area contributed by atoms with Crippen LogP contribution in [0.1, 0.15) is 12.5 Å². The number of hydrogen-bond donors (Lipinski definition) is 0. The first-order valence-corrected chi connectivity index (χ1v) is 5.57. The highest BCUT2D eigenvalue weighted by Crippen LogP contribution is 2.33. The first-order valence-electron chi connectivity index (χ1n) is 5.57. The van der Waals surface area contributed by atoms with E-state index in [4.69, 9.17) is 9.47 Å². The quantitative estimate of drug-likeness (QED) is 0.584. The second-order valence-corrected chi connectivity index (χ2v) is 4.21. The molecule has 1 aliphatic heterocycles. The third-order valence-corrected chi connectivity index (χ3v) is 2.86. The number of carbonyl (C=O) groups is 1. The fourth-order valence-corrected chi connectivity index (χ4v) is 1.87. The molecule has 0 bridgehead atoms. The van der Waals surface area contributed by atoms with Crippen LogP contribution in [0, 0.1) is 16.0 Å². The van der Waals surface area contributed by atoms with Crippen molar-refractivity contribution in [2.75, 3.05) is 13.3 Å². The zero-order chi connectivity index (χ0) is 13.1. The molecule has 1 aromatic rings. The molecule has 96 valence electrons. The summed E-state index contributed by atoms with van der Waals surface area (Å²) in [5, 5.41) is 10.5. The summed E-state index contributed by atoms with van der Waals surface area (Å²) < 4.78 is 10.4. The molecule has 1 aromatic carbocycles. The van der Waals surface area contributed by atoms with Crippen LogP contribution < -0.4 is 9.47 Å². The molecule has 18 heavy (non-hydrogen) atoms. The number of nitrogens with zero attached hydrogens (tertiary/aromatic N) is 1.